The number of hydrogen-bond acceptors (Lipinski definition) is 2. The average Bonchev–Trinajstić information content (AvgIpc) is 2.70. The Morgan fingerprint density at radius 3 is 2.79 bits per heavy atom. The van der Waals surface area contributed by atoms with Crippen LogP contribution in [0.3, 0.4) is 0 Å². The van der Waals surface area contributed by atoms with Gasteiger partial charge in [0.2, 0.25) is 0 Å². The molecular weight excluding hydrogens is 349 g/mol. The van der Waals surface area contributed by atoms with Crippen LogP contribution in [0.2, 0.25) is 5.02 Å². The van der Waals surface area contributed by atoms with Crippen molar-refractivity contribution in [1.29, 1.82) is 0 Å². The highest BCUT2D eigenvalue weighted by molar-refractivity contribution is 9.10. The second-order valence-electron chi connectivity index (χ2n) is 4.19. The molecule has 0 amide bonds. The SMILES string of the molecule is CCNC(c1cc(Br)c(C)s1)c1cccc(Cl)c1F. The van der Waals surface area contributed by atoms with Crippen LogP contribution >= 0.6 is 38.9 Å². The Bertz CT molecular complexity index is 565. The lowest BCUT2D eigenvalue weighted by Crippen LogP contribution is -2.22. The predicted octanol–water partition coefficient (Wildman–Crippen LogP) is 5.31. The van der Waals surface area contributed by atoms with Crippen molar-refractivity contribution in [2.75, 3.05) is 6.54 Å². The van der Waals surface area contributed by atoms with E-state index < -0.39 is 0 Å². The fourth-order valence-corrected chi connectivity index (χ4v) is 3.77. The van der Waals surface area contributed by atoms with Gasteiger partial charge in [0.25, 0.3) is 0 Å². The molecule has 0 radical (unpaired) electrons. The third-order valence-electron chi connectivity index (χ3n) is 2.86. The minimum Gasteiger partial charge on any atom is -0.306 e. The highest BCUT2D eigenvalue weighted by atomic mass is 79.9. The fraction of sp³-hybridized carbons (Fsp3) is 0.286. The van der Waals surface area contributed by atoms with Gasteiger partial charge in [0.05, 0.1) is 11.1 Å². The van der Waals surface area contributed by atoms with E-state index in [1.165, 1.54) is 4.88 Å². The molecule has 2 rings (SSSR count). The van der Waals surface area contributed by atoms with E-state index in [9.17, 15) is 4.39 Å². The van der Waals surface area contributed by atoms with E-state index >= 15 is 0 Å². The second kappa shape index (κ2) is 6.35. The van der Waals surface area contributed by atoms with E-state index in [2.05, 4.69) is 21.2 Å². The molecule has 0 fully saturated rings. The molecule has 5 heteroatoms. The highest BCUT2D eigenvalue weighted by Crippen LogP contribution is 2.35. The van der Waals surface area contributed by atoms with Crippen LogP contribution in [0.1, 0.15) is 28.3 Å². The van der Waals surface area contributed by atoms with Gasteiger partial charge in [-0.1, -0.05) is 30.7 Å². The van der Waals surface area contributed by atoms with Crippen molar-refractivity contribution in [1.82, 2.24) is 5.32 Å². The van der Waals surface area contributed by atoms with Crippen LogP contribution in [0.5, 0.6) is 0 Å². The average molecular weight is 363 g/mol. The van der Waals surface area contributed by atoms with Crippen LogP contribution in [0.15, 0.2) is 28.7 Å². The molecule has 0 bridgehead atoms. The molecule has 1 aromatic heterocycles. The fourth-order valence-electron chi connectivity index (χ4n) is 1.94. The van der Waals surface area contributed by atoms with Gasteiger partial charge in [-0.05, 0) is 41.5 Å². The van der Waals surface area contributed by atoms with Crippen molar-refractivity contribution in [3.63, 3.8) is 0 Å². The molecule has 102 valence electrons. The first-order chi connectivity index (χ1) is 9.04. The molecule has 0 aliphatic heterocycles. The van der Waals surface area contributed by atoms with Crippen LogP contribution in [0.4, 0.5) is 4.39 Å². The van der Waals surface area contributed by atoms with E-state index in [-0.39, 0.29) is 16.9 Å². The lowest BCUT2D eigenvalue weighted by molar-refractivity contribution is 0.563. The number of aryl methyl sites for hydroxylation is 1. The smallest absolute Gasteiger partial charge is 0.146 e. The molecule has 2 aromatic rings. The topological polar surface area (TPSA) is 12.0 Å². The summed E-state index contributed by atoms with van der Waals surface area (Å²) in [6, 6.07) is 6.99. The van der Waals surface area contributed by atoms with Gasteiger partial charge in [0.15, 0.2) is 0 Å². The first-order valence-electron chi connectivity index (χ1n) is 5.97. The normalized spacial score (nSPS) is 12.7. The minimum atomic E-state index is -0.350. The van der Waals surface area contributed by atoms with Gasteiger partial charge in [-0.25, -0.2) is 4.39 Å². The third kappa shape index (κ3) is 3.19. The van der Waals surface area contributed by atoms with Gasteiger partial charge in [-0.3, -0.25) is 0 Å². The van der Waals surface area contributed by atoms with Crippen LogP contribution < -0.4 is 5.32 Å². The van der Waals surface area contributed by atoms with E-state index in [1.807, 2.05) is 19.9 Å². The van der Waals surface area contributed by atoms with Gasteiger partial charge >= 0.3 is 0 Å². The highest BCUT2D eigenvalue weighted by Gasteiger charge is 2.21. The Labute approximate surface area is 129 Å². The molecule has 1 heterocycles. The second-order valence-corrected chi connectivity index (χ2v) is 6.74. The van der Waals surface area contributed by atoms with E-state index in [0.29, 0.717) is 5.56 Å². The molecule has 1 atom stereocenters. The Balaban J connectivity index is 2.48. The van der Waals surface area contributed by atoms with Crippen molar-refractivity contribution in [2.45, 2.75) is 19.9 Å². The molecular formula is C14H14BrClFNS. The summed E-state index contributed by atoms with van der Waals surface area (Å²) in [4.78, 5) is 2.26. The van der Waals surface area contributed by atoms with Crippen LogP contribution in [-0.2, 0) is 0 Å². The summed E-state index contributed by atoms with van der Waals surface area (Å²) >= 11 is 11.0. The van der Waals surface area contributed by atoms with Crippen LogP contribution in [0.25, 0.3) is 0 Å². The van der Waals surface area contributed by atoms with E-state index in [4.69, 9.17) is 11.6 Å². The van der Waals surface area contributed by atoms with Crippen molar-refractivity contribution >= 4 is 38.9 Å². The Hall–Kier alpha value is -0.420. The number of thiophene rings is 1. The molecule has 1 N–H and O–H groups in total. The maximum atomic E-state index is 14.2. The maximum absolute atomic E-state index is 14.2. The molecule has 0 aliphatic rings. The third-order valence-corrected chi connectivity index (χ3v) is 5.35. The van der Waals surface area contributed by atoms with Crippen molar-refractivity contribution in [3.8, 4) is 0 Å². The number of nitrogens with one attached hydrogen (secondary N) is 1. The Morgan fingerprint density at radius 2 is 2.21 bits per heavy atom. The molecule has 0 aliphatic carbocycles. The molecule has 19 heavy (non-hydrogen) atoms. The summed E-state index contributed by atoms with van der Waals surface area (Å²) in [6.07, 6.45) is 0. The van der Waals surface area contributed by atoms with Crippen LogP contribution in [-0.4, -0.2) is 6.54 Å². The zero-order chi connectivity index (χ0) is 14.0. The van der Waals surface area contributed by atoms with Gasteiger partial charge < -0.3 is 5.32 Å². The van der Waals surface area contributed by atoms with Crippen molar-refractivity contribution in [2.24, 2.45) is 0 Å². The van der Waals surface area contributed by atoms with E-state index in [0.717, 1.165) is 15.9 Å². The summed E-state index contributed by atoms with van der Waals surface area (Å²) in [5.41, 5.74) is 0.586. The van der Waals surface area contributed by atoms with Gasteiger partial charge in [0.1, 0.15) is 5.82 Å². The summed E-state index contributed by atoms with van der Waals surface area (Å²) in [5, 5.41) is 3.47. The monoisotopic (exact) mass is 361 g/mol. The van der Waals surface area contributed by atoms with E-state index in [1.54, 1.807) is 29.5 Å². The zero-order valence-electron chi connectivity index (χ0n) is 10.6. The Morgan fingerprint density at radius 1 is 1.47 bits per heavy atom. The number of hydrogen-bond donors (Lipinski definition) is 1. The number of rotatable bonds is 4. The number of halogens is 3. The molecule has 0 saturated carbocycles. The van der Waals surface area contributed by atoms with Crippen molar-refractivity contribution in [3.05, 3.63) is 54.9 Å². The molecule has 0 spiro atoms. The molecule has 1 nitrogen and oxygen atoms in total. The van der Waals surface area contributed by atoms with Gasteiger partial charge in [-0.15, -0.1) is 11.3 Å². The first-order valence-corrected chi connectivity index (χ1v) is 7.96. The summed E-state index contributed by atoms with van der Waals surface area (Å²) in [7, 11) is 0. The Kier molecular flexibility index (Phi) is 5.01. The summed E-state index contributed by atoms with van der Waals surface area (Å²) in [5.74, 6) is -0.350. The standard InChI is InChI=1S/C14H14BrClFNS/c1-3-18-14(12-7-10(15)8(2)19-12)9-5-4-6-11(16)13(9)17/h4-7,14,18H,3H2,1-2H3. The largest absolute Gasteiger partial charge is 0.306 e. The lowest BCUT2D eigenvalue weighted by atomic mass is 10.0. The van der Waals surface area contributed by atoms with Gasteiger partial charge in [0, 0.05) is 19.8 Å². The molecule has 0 saturated heterocycles. The predicted molar refractivity (Wildman–Crippen MR) is 83.7 cm³/mol. The number of benzene rings is 1. The maximum Gasteiger partial charge on any atom is 0.146 e. The van der Waals surface area contributed by atoms with Crippen LogP contribution in [0, 0.1) is 12.7 Å². The quantitative estimate of drug-likeness (QED) is 0.777. The zero-order valence-corrected chi connectivity index (χ0v) is 13.8. The summed E-state index contributed by atoms with van der Waals surface area (Å²) in [6.45, 7) is 4.80. The minimum absolute atomic E-state index is 0.160. The molecule has 1 aromatic carbocycles. The van der Waals surface area contributed by atoms with Crippen molar-refractivity contribution < 1.29 is 4.39 Å². The summed E-state index contributed by atoms with van der Waals surface area (Å²) < 4.78 is 15.2. The first kappa shape index (κ1) is 15.0. The van der Waals surface area contributed by atoms with Gasteiger partial charge in [-0.2, -0.15) is 0 Å². The lowest BCUT2D eigenvalue weighted by Gasteiger charge is -2.18. The molecule has 1 unspecified atom stereocenters.